The summed E-state index contributed by atoms with van der Waals surface area (Å²) in [5, 5.41) is 8.73. The molecule has 2 aromatic rings. The number of carboxylic acid groups (broad SMARTS) is 1. The number of pyridine rings is 1. The van der Waals surface area contributed by atoms with Crippen molar-refractivity contribution in [2.75, 3.05) is 0 Å². The zero-order valence-corrected chi connectivity index (χ0v) is 13.1. The second kappa shape index (κ2) is 6.33. The normalized spacial score (nSPS) is 11.3. The molecule has 21 heavy (non-hydrogen) atoms. The largest absolute Gasteiger partial charge is 0.477 e. The van der Waals surface area contributed by atoms with Crippen LogP contribution in [0.1, 0.15) is 16.1 Å². The van der Waals surface area contributed by atoms with E-state index in [1.807, 2.05) is 0 Å². The highest BCUT2D eigenvalue weighted by molar-refractivity contribution is 9.10. The second-order valence-electron chi connectivity index (χ2n) is 4.14. The lowest BCUT2D eigenvalue weighted by Crippen LogP contribution is -2.23. The molecule has 0 saturated carbocycles. The monoisotopic (exact) mass is 370 g/mol. The molecule has 0 spiro atoms. The molecule has 0 unspecified atom stereocenters. The number of nitrogens with one attached hydrogen (secondary N) is 1. The number of hydrogen-bond acceptors (Lipinski definition) is 4. The minimum absolute atomic E-state index is 0.0330. The van der Waals surface area contributed by atoms with Crippen molar-refractivity contribution in [1.82, 2.24) is 9.71 Å². The van der Waals surface area contributed by atoms with Crippen molar-refractivity contribution in [3.8, 4) is 0 Å². The van der Waals surface area contributed by atoms with Crippen LogP contribution in [0.2, 0.25) is 0 Å². The van der Waals surface area contributed by atoms with E-state index in [1.165, 1.54) is 30.5 Å². The van der Waals surface area contributed by atoms with Gasteiger partial charge >= 0.3 is 5.97 Å². The summed E-state index contributed by atoms with van der Waals surface area (Å²) < 4.78 is 27.3. The van der Waals surface area contributed by atoms with Crippen molar-refractivity contribution in [1.29, 1.82) is 0 Å². The Hall–Kier alpha value is -1.77. The van der Waals surface area contributed by atoms with Gasteiger partial charge in [0.2, 0.25) is 10.0 Å². The Morgan fingerprint density at radius 2 is 1.86 bits per heavy atom. The van der Waals surface area contributed by atoms with E-state index < -0.39 is 16.0 Å². The third-order valence-corrected chi connectivity index (χ3v) is 4.58. The number of aromatic nitrogens is 1. The molecule has 0 amide bonds. The van der Waals surface area contributed by atoms with Crippen LogP contribution in [0.3, 0.4) is 0 Å². The van der Waals surface area contributed by atoms with Gasteiger partial charge in [-0.25, -0.2) is 22.9 Å². The van der Waals surface area contributed by atoms with E-state index in [0.717, 1.165) is 4.47 Å². The molecule has 0 bridgehead atoms. The zero-order valence-electron chi connectivity index (χ0n) is 10.7. The number of sulfonamides is 1. The Kier molecular flexibility index (Phi) is 4.71. The third kappa shape index (κ3) is 4.10. The minimum atomic E-state index is -3.62. The van der Waals surface area contributed by atoms with Gasteiger partial charge in [-0.2, -0.15) is 0 Å². The summed E-state index contributed by atoms with van der Waals surface area (Å²) in [6, 6.07) is 9.08. The maximum absolute atomic E-state index is 12.1. The zero-order chi connectivity index (χ0) is 15.5. The van der Waals surface area contributed by atoms with E-state index in [0.29, 0.717) is 5.56 Å². The average Bonchev–Trinajstić information content (AvgIpc) is 2.46. The molecule has 6 nitrogen and oxygen atoms in total. The topological polar surface area (TPSA) is 96.4 Å². The van der Waals surface area contributed by atoms with Crippen LogP contribution in [0.4, 0.5) is 0 Å². The molecule has 0 aliphatic heterocycles. The van der Waals surface area contributed by atoms with Crippen LogP contribution in [0, 0.1) is 0 Å². The van der Waals surface area contributed by atoms with Crippen molar-refractivity contribution >= 4 is 31.9 Å². The summed E-state index contributed by atoms with van der Waals surface area (Å²) >= 11 is 3.23. The highest BCUT2D eigenvalue weighted by Gasteiger charge is 2.13. The number of carbonyl (C=O) groups is 1. The predicted molar refractivity (Wildman–Crippen MR) is 79.4 cm³/mol. The van der Waals surface area contributed by atoms with Gasteiger partial charge in [-0.15, -0.1) is 0 Å². The highest BCUT2D eigenvalue weighted by atomic mass is 79.9. The molecule has 1 aromatic carbocycles. The molecular weight excluding hydrogens is 360 g/mol. The van der Waals surface area contributed by atoms with Crippen LogP contribution in [0.5, 0.6) is 0 Å². The number of halogens is 1. The van der Waals surface area contributed by atoms with Crippen molar-refractivity contribution in [2.24, 2.45) is 0 Å². The fraction of sp³-hybridized carbons (Fsp3) is 0.0769. The Morgan fingerprint density at radius 1 is 1.19 bits per heavy atom. The lowest BCUT2D eigenvalue weighted by Gasteiger charge is -2.07. The molecule has 1 aromatic heterocycles. The molecule has 1 heterocycles. The Morgan fingerprint density at radius 3 is 2.38 bits per heavy atom. The smallest absolute Gasteiger partial charge is 0.354 e. The molecular formula is C13H11BrN2O4S. The molecule has 2 rings (SSSR count). The Bertz CT molecular complexity index is 743. The maximum atomic E-state index is 12.1. The first-order chi connectivity index (χ1) is 9.88. The summed E-state index contributed by atoms with van der Waals surface area (Å²) in [5.74, 6) is -1.13. The van der Waals surface area contributed by atoms with E-state index >= 15 is 0 Å². The van der Waals surface area contributed by atoms with E-state index in [-0.39, 0.29) is 17.1 Å². The second-order valence-corrected chi connectivity index (χ2v) is 6.82. The van der Waals surface area contributed by atoms with Crippen LogP contribution < -0.4 is 4.72 Å². The molecule has 0 saturated heterocycles. The van der Waals surface area contributed by atoms with Gasteiger partial charge in [-0.1, -0.05) is 22.0 Å². The molecule has 110 valence electrons. The van der Waals surface area contributed by atoms with Gasteiger partial charge in [-0.3, -0.25) is 0 Å². The summed E-state index contributed by atoms with van der Waals surface area (Å²) in [7, 11) is -3.62. The van der Waals surface area contributed by atoms with Gasteiger partial charge in [0, 0.05) is 17.2 Å². The first-order valence-corrected chi connectivity index (χ1v) is 8.09. The van der Waals surface area contributed by atoms with Gasteiger partial charge in [0.15, 0.2) is 0 Å². The van der Waals surface area contributed by atoms with Crippen molar-refractivity contribution in [2.45, 2.75) is 11.4 Å². The van der Waals surface area contributed by atoms with E-state index in [1.54, 1.807) is 12.1 Å². The molecule has 8 heteroatoms. The summed E-state index contributed by atoms with van der Waals surface area (Å²) in [5.41, 5.74) is 0.482. The molecule has 0 aliphatic rings. The van der Waals surface area contributed by atoms with Crippen LogP contribution in [-0.4, -0.2) is 24.5 Å². The van der Waals surface area contributed by atoms with Crippen LogP contribution in [-0.2, 0) is 16.6 Å². The molecule has 0 aliphatic carbocycles. The summed E-state index contributed by atoms with van der Waals surface area (Å²) in [4.78, 5) is 14.5. The molecule has 0 radical (unpaired) electrons. The third-order valence-electron chi connectivity index (χ3n) is 2.63. The minimum Gasteiger partial charge on any atom is -0.477 e. The lowest BCUT2D eigenvalue weighted by molar-refractivity contribution is 0.0690. The highest BCUT2D eigenvalue weighted by Crippen LogP contribution is 2.14. The quantitative estimate of drug-likeness (QED) is 0.838. The van der Waals surface area contributed by atoms with Crippen molar-refractivity contribution < 1.29 is 18.3 Å². The first kappa shape index (κ1) is 15.6. The molecule has 0 fully saturated rings. The Balaban J connectivity index is 2.08. The number of hydrogen-bond donors (Lipinski definition) is 2. The van der Waals surface area contributed by atoms with Crippen LogP contribution in [0.25, 0.3) is 0 Å². The average molecular weight is 371 g/mol. The number of rotatable bonds is 5. The number of aromatic carboxylic acids is 1. The fourth-order valence-corrected chi connectivity index (χ4v) is 2.81. The van der Waals surface area contributed by atoms with Gasteiger partial charge in [0.25, 0.3) is 0 Å². The number of benzene rings is 1. The van der Waals surface area contributed by atoms with Gasteiger partial charge in [0.1, 0.15) is 5.69 Å². The number of carboxylic acids is 1. The number of nitrogens with zero attached hydrogens (tertiary/aromatic N) is 1. The molecule has 0 atom stereocenters. The van der Waals surface area contributed by atoms with Gasteiger partial charge in [0.05, 0.1) is 4.90 Å². The first-order valence-electron chi connectivity index (χ1n) is 5.82. The van der Waals surface area contributed by atoms with Crippen LogP contribution in [0.15, 0.2) is 52.0 Å². The van der Waals surface area contributed by atoms with E-state index in [4.69, 9.17) is 5.11 Å². The lowest BCUT2D eigenvalue weighted by atomic mass is 10.2. The SMILES string of the molecule is O=C(O)c1ccc(CNS(=O)(=O)c2ccc(Br)cc2)cn1. The summed E-state index contributed by atoms with van der Waals surface area (Å²) in [6.45, 7) is 0.0330. The van der Waals surface area contributed by atoms with Gasteiger partial charge < -0.3 is 5.11 Å². The van der Waals surface area contributed by atoms with Crippen LogP contribution >= 0.6 is 15.9 Å². The molecule has 2 N–H and O–H groups in total. The standard InChI is InChI=1S/C13H11BrN2O4S/c14-10-2-4-11(5-3-10)21(19,20)16-8-9-1-6-12(13(17)18)15-7-9/h1-7,16H,8H2,(H,17,18). The predicted octanol–water partition coefficient (Wildman–Crippen LogP) is 2.02. The maximum Gasteiger partial charge on any atom is 0.354 e. The van der Waals surface area contributed by atoms with E-state index in [9.17, 15) is 13.2 Å². The Labute approximate surface area is 130 Å². The summed E-state index contributed by atoms with van der Waals surface area (Å²) in [6.07, 6.45) is 1.33. The van der Waals surface area contributed by atoms with E-state index in [2.05, 4.69) is 25.6 Å². The van der Waals surface area contributed by atoms with Crippen molar-refractivity contribution in [3.05, 3.63) is 58.3 Å². The fourth-order valence-electron chi connectivity index (χ4n) is 1.53. The van der Waals surface area contributed by atoms with Crippen molar-refractivity contribution in [3.63, 3.8) is 0 Å². The van der Waals surface area contributed by atoms with Gasteiger partial charge in [-0.05, 0) is 35.9 Å².